The Balaban J connectivity index is 2.22. The van der Waals surface area contributed by atoms with Crippen LogP contribution < -0.4 is 0 Å². The summed E-state index contributed by atoms with van der Waals surface area (Å²) < 4.78 is 51.1. The van der Waals surface area contributed by atoms with Gasteiger partial charge in [-0.2, -0.15) is 13.2 Å². The average molecular weight is 390 g/mol. The fraction of sp³-hybridized carbons (Fsp3) is 0.238. The lowest BCUT2D eigenvalue weighted by Crippen LogP contribution is -2.42. The Labute approximate surface area is 159 Å². The van der Waals surface area contributed by atoms with Crippen molar-refractivity contribution in [1.82, 2.24) is 0 Å². The third kappa shape index (κ3) is 3.78. The van der Waals surface area contributed by atoms with Crippen molar-refractivity contribution < 1.29 is 32.2 Å². The fourth-order valence-corrected chi connectivity index (χ4v) is 3.19. The first-order chi connectivity index (χ1) is 13.3. The van der Waals surface area contributed by atoms with Crippen molar-refractivity contribution in [3.63, 3.8) is 0 Å². The number of benzene rings is 2. The molecule has 146 valence electrons. The van der Waals surface area contributed by atoms with Crippen molar-refractivity contribution in [1.29, 1.82) is 0 Å². The topological polar surface area (TPSA) is 52.6 Å². The monoisotopic (exact) mass is 390 g/mol. The Bertz CT molecular complexity index is 889. The number of hydrogen-bond acceptors (Lipinski definition) is 4. The van der Waals surface area contributed by atoms with E-state index in [1.807, 2.05) is 0 Å². The second kappa shape index (κ2) is 7.88. The van der Waals surface area contributed by atoms with Gasteiger partial charge in [0.25, 0.3) is 0 Å². The molecular formula is C21H17F3O4. The van der Waals surface area contributed by atoms with E-state index in [1.165, 1.54) is 6.92 Å². The standard InChI is InChI=1S/C21H17F3O4/c1-2-27-20(26)17(21(22,23)24)18-15(13-9-5-3-6-10-13)16(19(25)28-18)14-11-7-4-8-12-14/h3-12,17-18H,2H2,1H3. The molecule has 1 heterocycles. The lowest BCUT2D eigenvalue weighted by molar-refractivity contribution is -0.211. The largest absolute Gasteiger partial charge is 0.465 e. The van der Waals surface area contributed by atoms with E-state index in [0.717, 1.165) is 0 Å². The van der Waals surface area contributed by atoms with E-state index in [1.54, 1.807) is 60.7 Å². The number of carbonyl (C=O) groups is 2. The summed E-state index contributed by atoms with van der Waals surface area (Å²) in [6.45, 7) is 1.19. The van der Waals surface area contributed by atoms with E-state index in [2.05, 4.69) is 4.74 Å². The van der Waals surface area contributed by atoms with Crippen molar-refractivity contribution >= 4 is 23.1 Å². The van der Waals surface area contributed by atoms with Crippen molar-refractivity contribution in [2.24, 2.45) is 5.92 Å². The molecule has 2 unspecified atom stereocenters. The highest BCUT2D eigenvalue weighted by atomic mass is 19.4. The molecule has 28 heavy (non-hydrogen) atoms. The van der Waals surface area contributed by atoms with E-state index in [4.69, 9.17) is 4.74 Å². The molecule has 0 fully saturated rings. The maximum atomic E-state index is 13.8. The molecule has 0 saturated carbocycles. The van der Waals surface area contributed by atoms with E-state index < -0.39 is 30.1 Å². The zero-order valence-corrected chi connectivity index (χ0v) is 14.9. The zero-order chi connectivity index (χ0) is 20.3. The highest BCUT2D eigenvalue weighted by molar-refractivity contribution is 6.28. The first-order valence-corrected chi connectivity index (χ1v) is 8.64. The van der Waals surface area contributed by atoms with Gasteiger partial charge in [0.2, 0.25) is 0 Å². The van der Waals surface area contributed by atoms with Crippen LogP contribution in [0.4, 0.5) is 13.2 Å². The predicted octanol–water partition coefficient (Wildman–Crippen LogP) is 4.26. The van der Waals surface area contributed by atoms with Gasteiger partial charge >= 0.3 is 18.1 Å². The Morgan fingerprint density at radius 1 is 1.04 bits per heavy atom. The van der Waals surface area contributed by atoms with Crippen LogP contribution in [0.25, 0.3) is 11.1 Å². The molecule has 4 nitrogen and oxygen atoms in total. The van der Waals surface area contributed by atoms with Gasteiger partial charge in [-0.3, -0.25) is 4.79 Å². The highest BCUT2D eigenvalue weighted by Crippen LogP contribution is 2.45. The van der Waals surface area contributed by atoms with E-state index in [0.29, 0.717) is 11.1 Å². The van der Waals surface area contributed by atoms with Gasteiger partial charge in [0.15, 0.2) is 12.0 Å². The van der Waals surface area contributed by atoms with Crippen molar-refractivity contribution in [2.75, 3.05) is 6.61 Å². The third-order valence-electron chi connectivity index (χ3n) is 4.34. The molecule has 0 aliphatic carbocycles. The maximum Gasteiger partial charge on any atom is 0.406 e. The van der Waals surface area contributed by atoms with Gasteiger partial charge < -0.3 is 9.47 Å². The molecule has 3 rings (SSSR count). The number of rotatable bonds is 5. The normalized spacial score (nSPS) is 18.0. The van der Waals surface area contributed by atoms with Gasteiger partial charge in [0.1, 0.15) is 0 Å². The summed E-state index contributed by atoms with van der Waals surface area (Å²) in [4.78, 5) is 24.7. The second-order valence-corrected chi connectivity index (χ2v) is 6.12. The lowest BCUT2D eigenvalue weighted by atomic mass is 9.87. The fourth-order valence-electron chi connectivity index (χ4n) is 3.19. The first kappa shape index (κ1) is 19.7. The average Bonchev–Trinajstić information content (AvgIpc) is 2.98. The van der Waals surface area contributed by atoms with Crippen LogP contribution in [0.1, 0.15) is 18.1 Å². The molecule has 0 aromatic heterocycles. The van der Waals surface area contributed by atoms with Gasteiger partial charge in [-0.25, -0.2) is 4.79 Å². The number of hydrogen-bond donors (Lipinski definition) is 0. The number of ether oxygens (including phenoxy) is 2. The SMILES string of the molecule is CCOC(=O)C(C1OC(=O)C(c2ccccc2)=C1c1ccccc1)C(F)(F)F. The summed E-state index contributed by atoms with van der Waals surface area (Å²) in [7, 11) is 0. The summed E-state index contributed by atoms with van der Waals surface area (Å²) >= 11 is 0. The van der Waals surface area contributed by atoms with Crippen LogP contribution in [0.2, 0.25) is 0 Å². The minimum absolute atomic E-state index is 0.00958. The summed E-state index contributed by atoms with van der Waals surface area (Å²) in [6.07, 6.45) is -6.78. The van der Waals surface area contributed by atoms with Crippen LogP contribution in [0.3, 0.4) is 0 Å². The molecule has 1 aliphatic heterocycles. The molecular weight excluding hydrogens is 373 g/mol. The van der Waals surface area contributed by atoms with Crippen LogP contribution in [-0.2, 0) is 19.1 Å². The smallest absolute Gasteiger partial charge is 0.406 e. The molecule has 0 N–H and O–H groups in total. The molecule has 1 aliphatic rings. The van der Waals surface area contributed by atoms with Gasteiger partial charge in [-0.15, -0.1) is 0 Å². The Kier molecular flexibility index (Phi) is 5.53. The number of halogens is 3. The van der Waals surface area contributed by atoms with Crippen LogP contribution >= 0.6 is 0 Å². The van der Waals surface area contributed by atoms with Crippen molar-refractivity contribution in [2.45, 2.75) is 19.2 Å². The van der Waals surface area contributed by atoms with Crippen LogP contribution in [0.5, 0.6) is 0 Å². The van der Waals surface area contributed by atoms with Crippen molar-refractivity contribution in [3.05, 3.63) is 71.8 Å². The number of cyclic esters (lactones) is 1. The Morgan fingerprint density at radius 2 is 1.57 bits per heavy atom. The molecule has 0 amide bonds. The van der Waals surface area contributed by atoms with E-state index >= 15 is 0 Å². The molecule has 0 spiro atoms. The number of esters is 2. The Morgan fingerprint density at radius 3 is 2.07 bits per heavy atom. The van der Waals surface area contributed by atoms with Gasteiger partial charge in [-0.1, -0.05) is 60.7 Å². The van der Waals surface area contributed by atoms with Gasteiger partial charge in [0.05, 0.1) is 12.2 Å². The van der Waals surface area contributed by atoms with E-state index in [9.17, 15) is 22.8 Å². The molecule has 0 bridgehead atoms. The third-order valence-corrected chi connectivity index (χ3v) is 4.34. The maximum absolute atomic E-state index is 13.8. The van der Waals surface area contributed by atoms with Crippen LogP contribution in [0.15, 0.2) is 60.7 Å². The minimum Gasteiger partial charge on any atom is -0.465 e. The summed E-state index contributed by atoms with van der Waals surface area (Å²) in [5, 5.41) is 0. The molecule has 0 saturated heterocycles. The number of alkyl halides is 3. The molecule has 2 atom stereocenters. The second-order valence-electron chi connectivity index (χ2n) is 6.12. The van der Waals surface area contributed by atoms with Crippen LogP contribution in [-0.4, -0.2) is 30.8 Å². The van der Waals surface area contributed by atoms with E-state index in [-0.39, 0.29) is 17.8 Å². The highest BCUT2D eigenvalue weighted by Gasteiger charge is 2.56. The molecule has 7 heteroatoms. The lowest BCUT2D eigenvalue weighted by Gasteiger charge is -2.25. The Hall–Kier alpha value is -3.09. The molecule has 2 aromatic carbocycles. The summed E-state index contributed by atoms with van der Waals surface area (Å²) in [5.41, 5.74) is 0.817. The molecule has 0 radical (unpaired) electrons. The van der Waals surface area contributed by atoms with Crippen molar-refractivity contribution in [3.8, 4) is 0 Å². The summed E-state index contributed by atoms with van der Waals surface area (Å²) in [5.74, 6) is -5.00. The summed E-state index contributed by atoms with van der Waals surface area (Å²) in [6, 6.07) is 16.4. The zero-order valence-electron chi connectivity index (χ0n) is 14.9. The van der Waals surface area contributed by atoms with Gasteiger partial charge in [-0.05, 0) is 18.1 Å². The van der Waals surface area contributed by atoms with Gasteiger partial charge in [0, 0.05) is 5.57 Å². The van der Waals surface area contributed by atoms with Crippen LogP contribution in [0, 0.1) is 5.92 Å². The quantitative estimate of drug-likeness (QED) is 0.716. The minimum atomic E-state index is -4.95. The number of carbonyl (C=O) groups excluding carboxylic acids is 2. The predicted molar refractivity (Wildman–Crippen MR) is 95.8 cm³/mol. The first-order valence-electron chi connectivity index (χ1n) is 8.64. The molecule has 2 aromatic rings.